The zero-order chi connectivity index (χ0) is 12.3. The molecule has 0 aliphatic heterocycles. The molecule has 1 aliphatic carbocycles. The molecule has 0 saturated heterocycles. The number of nitrogens with zero attached hydrogens (tertiary/aromatic N) is 3. The van der Waals surface area contributed by atoms with Crippen molar-refractivity contribution in [2.75, 3.05) is 6.61 Å². The van der Waals surface area contributed by atoms with E-state index < -0.39 is 0 Å². The first-order valence-electron chi connectivity index (χ1n) is 6.31. The second kappa shape index (κ2) is 5.60. The average Bonchev–Trinajstić information content (AvgIpc) is 2.61. The maximum absolute atomic E-state index is 9.98. The van der Waals surface area contributed by atoms with Crippen molar-refractivity contribution in [2.45, 2.75) is 44.8 Å². The van der Waals surface area contributed by atoms with E-state index in [1.54, 1.807) is 4.68 Å². The van der Waals surface area contributed by atoms with Gasteiger partial charge in [-0.15, -0.1) is 0 Å². The van der Waals surface area contributed by atoms with Crippen LogP contribution < -0.4 is 0 Å². The SMILES string of the molecule is CCOC1CC(CC(O)Cc2ncnn2C)C1. The highest BCUT2D eigenvalue weighted by Gasteiger charge is 2.31. The highest BCUT2D eigenvalue weighted by molar-refractivity contribution is 4.89. The molecule has 5 heteroatoms. The molecule has 96 valence electrons. The minimum absolute atomic E-state index is 0.314. The normalized spacial score (nSPS) is 25.6. The Morgan fingerprint density at radius 3 is 2.94 bits per heavy atom. The Morgan fingerprint density at radius 2 is 2.35 bits per heavy atom. The lowest BCUT2D eigenvalue weighted by Crippen LogP contribution is -2.34. The molecule has 0 radical (unpaired) electrons. The summed E-state index contributed by atoms with van der Waals surface area (Å²) in [5.74, 6) is 1.45. The van der Waals surface area contributed by atoms with Gasteiger partial charge in [0.2, 0.25) is 0 Å². The van der Waals surface area contributed by atoms with Gasteiger partial charge in [0.25, 0.3) is 0 Å². The summed E-state index contributed by atoms with van der Waals surface area (Å²) in [7, 11) is 1.85. The van der Waals surface area contributed by atoms with Gasteiger partial charge in [0.05, 0.1) is 12.2 Å². The number of hydrogen-bond acceptors (Lipinski definition) is 4. The Morgan fingerprint density at radius 1 is 1.59 bits per heavy atom. The second-order valence-corrected chi connectivity index (χ2v) is 4.81. The molecule has 2 rings (SSSR count). The lowest BCUT2D eigenvalue weighted by Gasteiger charge is -2.36. The molecule has 1 aromatic rings. The van der Waals surface area contributed by atoms with E-state index in [0.717, 1.165) is 31.7 Å². The van der Waals surface area contributed by atoms with E-state index in [4.69, 9.17) is 4.74 Å². The van der Waals surface area contributed by atoms with E-state index in [0.29, 0.717) is 18.4 Å². The van der Waals surface area contributed by atoms with Gasteiger partial charge < -0.3 is 9.84 Å². The topological polar surface area (TPSA) is 60.2 Å². The number of aromatic nitrogens is 3. The number of rotatable bonds is 6. The van der Waals surface area contributed by atoms with Gasteiger partial charge >= 0.3 is 0 Å². The van der Waals surface area contributed by atoms with Crippen LogP contribution in [0.15, 0.2) is 6.33 Å². The van der Waals surface area contributed by atoms with Crippen molar-refractivity contribution in [3.05, 3.63) is 12.2 Å². The third-order valence-corrected chi connectivity index (χ3v) is 3.42. The predicted molar refractivity (Wildman–Crippen MR) is 63.5 cm³/mol. The van der Waals surface area contributed by atoms with Crippen molar-refractivity contribution in [1.82, 2.24) is 14.8 Å². The molecule has 1 fully saturated rings. The van der Waals surface area contributed by atoms with E-state index in [1.165, 1.54) is 6.33 Å². The smallest absolute Gasteiger partial charge is 0.138 e. The Balaban J connectivity index is 1.69. The van der Waals surface area contributed by atoms with Crippen LogP contribution in [0.3, 0.4) is 0 Å². The summed E-state index contributed by atoms with van der Waals surface area (Å²) in [6.45, 7) is 2.81. The molecule has 1 N–H and O–H groups in total. The Labute approximate surface area is 102 Å². The van der Waals surface area contributed by atoms with E-state index in [2.05, 4.69) is 10.1 Å². The van der Waals surface area contributed by atoms with Crippen LogP contribution in [0.4, 0.5) is 0 Å². The molecule has 1 unspecified atom stereocenters. The van der Waals surface area contributed by atoms with Gasteiger partial charge in [-0.25, -0.2) is 4.98 Å². The third kappa shape index (κ3) is 3.26. The zero-order valence-corrected chi connectivity index (χ0v) is 10.5. The van der Waals surface area contributed by atoms with Gasteiger partial charge in [-0.3, -0.25) is 4.68 Å². The van der Waals surface area contributed by atoms with Crippen molar-refractivity contribution in [2.24, 2.45) is 13.0 Å². The summed E-state index contributed by atoms with van der Waals surface area (Å²) < 4.78 is 7.22. The van der Waals surface area contributed by atoms with E-state index in [-0.39, 0.29) is 6.10 Å². The molecular weight excluding hydrogens is 218 g/mol. The zero-order valence-electron chi connectivity index (χ0n) is 10.5. The number of aliphatic hydroxyl groups excluding tert-OH is 1. The largest absolute Gasteiger partial charge is 0.393 e. The van der Waals surface area contributed by atoms with Crippen LogP contribution >= 0.6 is 0 Å². The summed E-state index contributed by atoms with van der Waals surface area (Å²) in [5.41, 5.74) is 0. The monoisotopic (exact) mass is 239 g/mol. The number of aryl methyl sites for hydroxylation is 1. The van der Waals surface area contributed by atoms with Crippen LogP contribution in [-0.2, 0) is 18.2 Å². The van der Waals surface area contributed by atoms with Crippen molar-refractivity contribution in [1.29, 1.82) is 0 Å². The maximum atomic E-state index is 9.98. The van der Waals surface area contributed by atoms with Crippen LogP contribution in [0.25, 0.3) is 0 Å². The van der Waals surface area contributed by atoms with Crippen molar-refractivity contribution in [3.8, 4) is 0 Å². The summed E-state index contributed by atoms with van der Waals surface area (Å²) in [6.07, 6.45) is 5.24. The molecule has 17 heavy (non-hydrogen) atoms. The maximum Gasteiger partial charge on any atom is 0.138 e. The molecule has 0 amide bonds. The first kappa shape index (κ1) is 12.5. The van der Waals surface area contributed by atoms with Gasteiger partial charge in [-0.1, -0.05) is 0 Å². The molecule has 1 atom stereocenters. The summed E-state index contributed by atoms with van der Waals surface area (Å²) in [4.78, 5) is 4.12. The third-order valence-electron chi connectivity index (χ3n) is 3.42. The quantitative estimate of drug-likeness (QED) is 0.802. The fourth-order valence-corrected chi connectivity index (χ4v) is 2.42. The molecule has 1 aliphatic rings. The minimum Gasteiger partial charge on any atom is -0.393 e. The minimum atomic E-state index is -0.314. The van der Waals surface area contributed by atoms with Crippen LogP contribution in [0.5, 0.6) is 0 Å². The van der Waals surface area contributed by atoms with Crippen LogP contribution in [0.2, 0.25) is 0 Å². The Bertz CT molecular complexity index is 347. The first-order valence-corrected chi connectivity index (χ1v) is 6.31. The molecule has 1 aromatic heterocycles. The molecule has 0 aromatic carbocycles. The number of ether oxygens (including phenoxy) is 1. The fraction of sp³-hybridized carbons (Fsp3) is 0.833. The van der Waals surface area contributed by atoms with Crippen LogP contribution in [-0.4, -0.2) is 38.7 Å². The molecule has 1 heterocycles. The Hall–Kier alpha value is -0.940. The molecule has 5 nitrogen and oxygen atoms in total. The van der Waals surface area contributed by atoms with Crippen molar-refractivity contribution < 1.29 is 9.84 Å². The highest BCUT2D eigenvalue weighted by atomic mass is 16.5. The lowest BCUT2D eigenvalue weighted by molar-refractivity contribution is -0.0377. The predicted octanol–water partition coefficient (Wildman–Crippen LogP) is 0.924. The number of aliphatic hydroxyl groups is 1. The average molecular weight is 239 g/mol. The van der Waals surface area contributed by atoms with E-state index in [9.17, 15) is 5.11 Å². The van der Waals surface area contributed by atoms with E-state index in [1.807, 2.05) is 14.0 Å². The van der Waals surface area contributed by atoms with Gasteiger partial charge in [0.15, 0.2) is 0 Å². The van der Waals surface area contributed by atoms with Crippen LogP contribution in [0, 0.1) is 5.92 Å². The standard InChI is InChI=1S/C12H21N3O2/c1-3-17-11-5-9(6-11)4-10(16)7-12-13-8-14-15(12)2/h8-11,16H,3-7H2,1-2H3. The summed E-state index contributed by atoms with van der Waals surface area (Å²) >= 11 is 0. The van der Waals surface area contributed by atoms with Crippen molar-refractivity contribution in [3.63, 3.8) is 0 Å². The van der Waals surface area contributed by atoms with E-state index >= 15 is 0 Å². The highest BCUT2D eigenvalue weighted by Crippen LogP contribution is 2.33. The molecule has 0 bridgehead atoms. The second-order valence-electron chi connectivity index (χ2n) is 4.81. The first-order chi connectivity index (χ1) is 8.19. The number of hydrogen-bond donors (Lipinski definition) is 1. The van der Waals surface area contributed by atoms with Gasteiger partial charge in [-0.05, 0) is 32.1 Å². The Kier molecular flexibility index (Phi) is 4.12. The van der Waals surface area contributed by atoms with Crippen molar-refractivity contribution >= 4 is 0 Å². The molecule has 0 spiro atoms. The molecular formula is C12H21N3O2. The lowest BCUT2D eigenvalue weighted by atomic mass is 9.78. The summed E-state index contributed by atoms with van der Waals surface area (Å²) in [6, 6.07) is 0. The van der Waals surface area contributed by atoms with Gasteiger partial charge in [0, 0.05) is 20.1 Å². The van der Waals surface area contributed by atoms with Gasteiger partial charge in [-0.2, -0.15) is 5.10 Å². The summed E-state index contributed by atoms with van der Waals surface area (Å²) in [5, 5.41) is 14.0. The fourth-order valence-electron chi connectivity index (χ4n) is 2.42. The van der Waals surface area contributed by atoms with Gasteiger partial charge in [0.1, 0.15) is 12.2 Å². The van der Waals surface area contributed by atoms with Crippen LogP contribution in [0.1, 0.15) is 32.0 Å². The molecule has 1 saturated carbocycles.